The molecule has 3 rings (SSSR count). The van der Waals surface area contributed by atoms with Crippen LogP contribution in [-0.2, 0) is 10.8 Å². The number of carbonyl (C=O) groups is 1. The van der Waals surface area contributed by atoms with Crippen LogP contribution in [0.5, 0.6) is 0 Å². The molecule has 0 aliphatic heterocycles. The maximum atomic E-state index is 13.8. The molecule has 0 saturated carbocycles. The van der Waals surface area contributed by atoms with Gasteiger partial charge in [0.2, 0.25) is 0 Å². The van der Waals surface area contributed by atoms with Crippen LogP contribution in [0.3, 0.4) is 0 Å². The molecule has 0 aliphatic carbocycles. The molecule has 0 radical (unpaired) electrons. The number of anilines is 1. The van der Waals surface area contributed by atoms with E-state index in [0.29, 0.717) is 11.4 Å². The van der Waals surface area contributed by atoms with Gasteiger partial charge in [0.05, 0.1) is 15.7 Å². The number of amides is 1. The number of carbonyl (C=O) groups excluding carboxylic acids is 1. The van der Waals surface area contributed by atoms with E-state index in [1.165, 1.54) is 24.6 Å². The lowest BCUT2D eigenvalue weighted by molar-refractivity contribution is 0.102. The lowest BCUT2D eigenvalue weighted by atomic mass is 10.2. The van der Waals surface area contributed by atoms with Gasteiger partial charge in [0, 0.05) is 36.1 Å². The molecule has 1 aromatic carbocycles. The molecular formula is C16H13FN4O2S. The molecule has 1 atom stereocenters. The van der Waals surface area contributed by atoms with Crippen molar-refractivity contribution in [2.75, 3.05) is 11.6 Å². The third-order valence-corrected chi connectivity index (χ3v) is 4.23. The van der Waals surface area contributed by atoms with E-state index in [-0.39, 0.29) is 10.6 Å². The minimum Gasteiger partial charge on any atom is -0.322 e. The maximum absolute atomic E-state index is 13.8. The highest BCUT2D eigenvalue weighted by molar-refractivity contribution is 7.84. The summed E-state index contributed by atoms with van der Waals surface area (Å²) in [6.07, 6.45) is 7.79. The fourth-order valence-corrected chi connectivity index (χ4v) is 2.70. The van der Waals surface area contributed by atoms with Crippen LogP contribution in [0, 0.1) is 5.82 Å². The van der Waals surface area contributed by atoms with Crippen molar-refractivity contribution in [3.63, 3.8) is 0 Å². The molecule has 0 aliphatic rings. The Bertz CT molecular complexity index is 912. The summed E-state index contributed by atoms with van der Waals surface area (Å²) < 4.78 is 26.8. The SMILES string of the molecule is C[S@@](=O)c1ccc(NC(=O)c2ccnc(-n3ccnc3)c2)cc1F. The monoisotopic (exact) mass is 344 g/mol. The molecule has 8 heteroatoms. The first-order valence-corrected chi connectivity index (χ1v) is 8.49. The van der Waals surface area contributed by atoms with Gasteiger partial charge in [-0.05, 0) is 30.3 Å². The van der Waals surface area contributed by atoms with Gasteiger partial charge in [-0.3, -0.25) is 13.6 Å². The van der Waals surface area contributed by atoms with Gasteiger partial charge in [-0.15, -0.1) is 0 Å². The summed E-state index contributed by atoms with van der Waals surface area (Å²) >= 11 is 0. The minimum absolute atomic E-state index is 0.0966. The number of imidazole rings is 1. The van der Waals surface area contributed by atoms with E-state index in [4.69, 9.17) is 0 Å². The average Bonchev–Trinajstić information content (AvgIpc) is 3.09. The van der Waals surface area contributed by atoms with E-state index in [0.717, 1.165) is 6.07 Å². The first-order valence-electron chi connectivity index (χ1n) is 6.93. The first kappa shape index (κ1) is 16.0. The van der Waals surface area contributed by atoms with E-state index < -0.39 is 22.5 Å². The lowest BCUT2D eigenvalue weighted by Crippen LogP contribution is -2.13. The summed E-state index contributed by atoms with van der Waals surface area (Å²) in [6.45, 7) is 0. The number of aromatic nitrogens is 3. The summed E-state index contributed by atoms with van der Waals surface area (Å²) in [5, 5.41) is 2.61. The number of rotatable bonds is 4. The van der Waals surface area contributed by atoms with Gasteiger partial charge in [-0.2, -0.15) is 0 Å². The fourth-order valence-electron chi connectivity index (χ4n) is 2.11. The Kier molecular flexibility index (Phi) is 4.48. The molecule has 3 aromatic rings. The Labute approximate surface area is 139 Å². The smallest absolute Gasteiger partial charge is 0.255 e. The molecule has 0 bridgehead atoms. The second-order valence-electron chi connectivity index (χ2n) is 4.93. The van der Waals surface area contributed by atoms with Gasteiger partial charge in [0.25, 0.3) is 5.91 Å². The van der Waals surface area contributed by atoms with E-state index in [1.807, 2.05) is 0 Å². The maximum Gasteiger partial charge on any atom is 0.255 e. The molecule has 6 nitrogen and oxygen atoms in total. The molecule has 24 heavy (non-hydrogen) atoms. The summed E-state index contributed by atoms with van der Waals surface area (Å²) in [7, 11) is -1.42. The Morgan fingerprint density at radius 1 is 1.25 bits per heavy atom. The predicted molar refractivity (Wildman–Crippen MR) is 88.0 cm³/mol. The fraction of sp³-hybridized carbons (Fsp3) is 0.0625. The van der Waals surface area contributed by atoms with Crippen LogP contribution in [0.4, 0.5) is 10.1 Å². The summed E-state index contributed by atoms with van der Waals surface area (Å²) in [5.41, 5.74) is 0.657. The van der Waals surface area contributed by atoms with Gasteiger partial charge in [0.15, 0.2) is 0 Å². The molecule has 0 unspecified atom stereocenters. The van der Waals surface area contributed by atoms with Crippen molar-refractivity contribution < 1.29 is 13.4 Å². The Morgan fingerprint density at radius 3 is 2.75 bits per heavy atom. The summed E-state index contributed by atoms with van der Waals surface area (Å²) in [5.74, 6) is -0.478. The second kappa shape index (κ2) is 6.71. The number of nitrogens with zero attached hydrogens (tertiary/aromatic N) is 3. The van der Waals surface area contributed by atoms with E-state index in [9.17, 15) is 13.4 Å². The summed E-state index contributed by atoms with van der Waals surface area (Å²) in [6, 6.07) is 7.21. The van der Waals surface area contributed by atoms with Crippen LogP contribution in [0.15, 0.2) is 60.1 Å². The number of hydrogen-bond acceptors (Lipinski definition) is 4. The van der Waals surface area contributed by atoms with Crippen LogP contribution >= 0.6 is 0 Å². The van der Waals surface area contributed by atoms with Gasteiger partial charge in [-0.1, -0.05) is 0 Å². The van der Waals surface area contributed by atoms with Crippen LogP contribution in [0.2, 0.25) is 0 Å². The van der Waals surface area contributed by atoms with Crippen molar-refractivity contribution >= 4 is 22.4 Å². The Hall–Kier alpha value is -2.87. The third kappa shape index (κ3) is 3.38. The highest BCUT2D eigenvalue weighted by atomic mass is 32.2. The molecule has 2 aromatic heterocycles. The number of halogens is 1. The van der Waals surface area contributed by atoms with Crippen molar-refractivity contribution in [1.82, 2.24) is 14.5 Å². The standard InChI is InChI=1S/C16H13FN4O2S/c1-24(23)14-3-2-12(9-13(14)17)20-16(22)11-4-5-19-15(8-11)21-7-6-18-10-21/h2-10H,1H3,(H,20,22)/t24-/m1/s1. The molecule has 122 valence electrons. The highest BCUT2D eigenvalue weighted by Gasteiger charge is 2.11. The van der Waals surface area contributed by atoms with Gasteiger partial charge in [-0.25, -0.2) is 14.4 Å². The molecule has 0 fully saturated rings. The number of pyridine rings is 1. The van der Waals surface area contributed by atoms with Crippen LogP contribution in [0.25, 0.3) is 5.82 Å². The highest BCUT2D eigenvalue weighted by Crippen LogP contribution is 2.18. The van der Waals surface area contributed by atoms with Crippen LogP contribution in [0.1, 0.15) is 10.4 Å². The topological polar surface area (TPSA) is 76.9 Å². The third-order valence-electron chi connectivity index (χ3n) is 3.28. The molecule has 2 heterocycles. The molecule has 0 saturated heterocycles. The molecule has 1 amide bonds. The van der Waals surface area contributed by atoms with E-state index in [2.05, 4.69) is 15.3 Å². The minimum atomic E-state index is -1.42. The van der Waals surface area contributed by atoms with Crippen molar-refractivity contribution in [3.05, 3.63) is 66.6 Å². The molecule has 1 N–H and O–H groups in total. The first-order chi connectivity index (χ1) is 11.5. The van der Waals surface area contributed by atoms with Gasteiger partial charge < -0.3 is 5.32 Å². The Morgan fingerprint density at radius 2 is 2.08 bits per heavy atom. The van der Waals surface area contributed by atoms with E-state index in [1.54, 1.807) is 35.4 Å². The normalized spacial score (nSPS) is 11.9. The van der Waals surface area contributed by atoms with Gasteiger partial charge in [0.1, 0.15) is 18.0 Å². The number of nitrogens with one attached hydrogen (secondary N) is 1. The van der Waals surface area contributed by atoms with Crippen molar-refractivity contribution in [3.8, 4) is 5.82 Å². The number of hydrogen-bond donors (Lipinski definition) is 1. The average molecular weight is 344 g/mol. The predicted octanol–water partition coefficient (Wildman–Crippen LogP) is 2.40. The van der Waals surface area contributed by atoms with Crippen molar-refractivity contribution in [1.29, 1.82) is 0 Å². The number of benzene rings is 1. The zero-order valence-corrected chi connectivity index (χ0v) is 13.5. The van der Waals surface area contributed by atoms with Gasteiger partial charge >= 0.3 is 0 Å². The quantitative estimate of drug-likeness (QED) is 0.788. The van der Waals surface area contributed by atoms with Crippen molar-refractivity contribution in [2.45, 2.75) is 4.90 Å². The van der Waals surface area contributed by atoms with Crippen LogP contribution in [-0.4, -0.2) is 30.9 Å². The van der Waals surface area contributed by atoms with E-state index >= 15 is 0 Å². The summed E-state index contributed by atoms with van der Waals surface area (Å²) in [4.78, 5) is 20.5. The zero-order chi connectivity index (χ0) is 17.1. The molecular weight excluding hydrogens is 331 g/mol. The Balaban J connectivity index is 1.82. The molecule has 0 spiro atoms. The largest absolute Gasteiger partial charge is 0.322 e. The zero-order valence-electron chi connectivity index (χ0n) is 12.6. The van der Waals surface area contributed by atoms with Crippen LogP contribution < -0.4 is 5.32 Å². The van der Waals surface area contributed by atoms with Crippen molar-refractivity contribution in [2.24, 2.45) is 0 Å². The second-order valence-corrected chi connectivity index (χ2v) is 6.27. The lowest BCUT2D eigenvalue weighted by Gasteiger charge is -2.08.